The van der Waals surface area contributed by atoms with Crippen molar-refractivity contribution in [3.05, 3.63) is 46.3 Å². The summed E-state index contributed by atoms with van der Waals surface area (Å²) in [5.74, 6) is -0.219. The normalized spacial score (nSPS) is 9.40. The number of hydrogen-bond acceptors (Lipinski definition) is 1. The summed E-state index contributed by atoms with van der Waals surface area (Å²) in [6, 6.07) is 6.07. The molecule has 78 valence electrons. The van der Waals surface area contributed by atoms with E-state index in [1.165, 1.54) is 11.1 Å². The Hall–Kier alpha value is -1.82. The number of benzene rings is 1. The number of nitrogens with one attached hydrogen (secondary N) is 1. The predicted octanol–water partition coefficient (Wildman–Crippen LogP) is 1.84. The average Bonchev–Trinajstić information content (AvgIpc) is 2.20. The molecule has 0 atom stereocenters. The number of rotatable bonds is 3. The van der Waals surface area contributed by atoms with Gasteiger partial charge in [0.05, 0.1) is 0 Å². The first-order chi connectivity index (χ1) is 7.13. The van der Waals surface area contributed by atoms with Crippen molar-refractivity contribution in [3.8, 4) is 0 Å². The molecule has 1 amide bonds. The van der Waals surface area contributed by atoms with Gasteiger partial charge < -0.3 is 10.2 Å². The summed E-state index contributed by atoms with van der Waals surface area (Å²) in [6.07, 6.45) is 0. The van der Waals surface area contributed by atoms with Gasteiger partial charge in [-0.15, -0.1) is 0 Å². The van der Waals surface area contributed by atoms with Crippen molar-refractivity contribution in [2.75, 3.05) is 6.54 Å². The molecule has 0 aromatic heterocycles. The van der Waals surface area contributed by atoms with E-state index in [0.717, 1.165) is 5.56 Å². The Labute approximate surface area is 89.9 Å². The Balaban J connectivity index is 2.55. The first-order valence-electron chi connectivity index (χ1n) is 4.79. The van der Waals surface area contributed by atoms with Crippen molar-refractivity contribution < 1.29 is 4.79 Å². The maximum Gasteiger partial charge on any atom is 0.300 e. The lowest BCUT2D eigenvalue weighted by Crippen LogP contribution is -2.24. The largest absolute Gasteiger partial charge is 0.346 e. The van der Waals surface area contributed by atoms with E-state index in [0.29, 0.717) is 6.54 Å². The second-order valence-electron chi connectivity index (χ2n) is 3.51. The fourth-order valence-electron chi connectivity index (χ4n) is 1.24. The molecule has 0 fully saturated rings. The molecular formula is C12H14N2O. The summed E-state index contributed by atoms with van der Waals surface area (Å²) in [5.41, 5.74) is 3.52. The van der Waals surface area contributed by atoms with Gasteiger partial charge in [0.2, 0.25) is 0 Å². The third kappa shape index (κ3) is 3.43. The molecule has 0 aliphatic heterocycles. The van der Waals surface area contributed by atoms with Crippen LogP contribution < -0.4 is 5.32 Å². The molecular weight excluding hydrogens is 188 g/mol. The van der Waals surface area contributed by atoms with Gasteiger partial charge in [0, 0.05) is 6.54 Å². The van der Waals surface area contributed by atoms with E-state index in [1.54, 1.807) is 0 Å². The van der Waals surface area contributed by atoms with E-state index in [4.69, 9.17) is 6.57 Å². The molecule has 0 radical (unpaired) electrons. The molecule has 1 aromatic rings. The van der Waals surface area contributed by atoms with Gasteiger partial charge in [-0.05, 0) is 30.5 Å². The minimum atomic E-state index is -0.219. The number of carbonyl (C=O) groups is 1. The molecule has 0 unspecified atom stereocenters. The van der Waals surface area contributed by atoms with Crippen molar-refractivity contribution in [2.45, 2.75) is 20.4 Å². The van der Waals surface area contributed by atoms with Crippen LogP contribution in [0.15, 0.2) is 18.2 Å². The van der Waals surface area contributed by atoms with Gasteiger partial charge in [-0.25, -0.2) is 6.57 Å². The molecule has 1 N–H and O–H groups in total. The van der Waals surface area contributed by atoms with Crippen LogP contribution in [0.5, 0.6) is 0 Å². The van der Waals surface area contributed by atoms with Crippen LogP contribution in [0.4, 0.5) is 0 Å². The SMILES string of the molecule is [C-]#[N+]CC(=O)NCc1ccc(C)c(C)c1. The van der Waals surface area contributed by atoms with Crippen LogP contribution >= 0.6 is 0 Å². The highest BCUT2D eigenvalue weighted by Crippen LogP contribution is 2.09. The first-order valence-corrected chi connectivity index (χ1v) is 4.79. The van der Waals surface area contributed by atoms with E-state index < -0.39 is 0 Å². The molecule has 1 rings (SSSR count). The summed E-state index contributed by atoms with van der Waals surface area (Å²) >= 11 is 0. The lowest BCUT2D eigenvalue weighted by atomic mass is 10.1. The van der Waals surface area contributed by atoms with Crippen LogP contribution in [0, 0.1) is 20.4 Å². The minimum absolute atomic E-state index is 0.0924. The van der Waals surface area contributed by atoms with Crippen molar-refractivity contribution in [3.63, 3.8) is 0 Å². The van der Waals surface area contributed by atoms with Crippen molar-refractivity contribution >= 4 is 5.91 Å². The van der Waals surface area contributed by atoms with Gasteiger partial charge in [-0.1, -0.05) is 18.2 Å². The van der Waals surface area contributed by atoms with E-state index in [-0.39, 0.29) is 12.5 Å². The maximum absolute atomic E-state index is 11.0. The van der Waals surface area contributed by atoms with Gasteiger partial charge in [0.25, 0.3) is 12.5 Å². The lowest BCUT2D eigenvalue weighted by Gasteiger charge is -2.05. The molecule has 0 aliphatic rings. The number of aryl methyl sites for hydroxylation is 2. The summed E-state index contributed by atoms with van der Waals surface area (Å²) in [5, 5.41) is 2.69. The fraction of sp³-hybridized carbons (Fsp3) is 0.333. The van der Waals surface area contributed by atoms with E-state index in [9.17, 15) is 4.79 Å². The van der Waals surface area contributed by atoms with Gasteiger partial charge in [-0.3, -0.25) is 4.79 Å². The van der Waals surface area contributed by atoms with Gasteiger partial charge >= 0.3 is 0 Å². The third-order valence-electron chi connectivity index (χ3n) is 2.28. The maximum atomic E-state index is 11.0. The summed E-state index contributed by atoms with van der Waals surface area (Å²) in [7, 11) is 0. The number of carbonyl (C=O) groups excluding carboxylic acids is 1. The highest BCUT2D eigenvalue weighted by molar-refractivity contribution is 5.79. The molecule has 0 saturated carbocycles. The topological polar surface area (TPSA) is 33.5 Å². The Morgan fingerprint density at radius 3 is 2.73 bits per heavy atom. The fourth-order valence-corrected chi connectivity index (χ4v) is 1.24. The zero-order chi connectivity index (χ0) is 11.3. The first kappa shape index (κ1) is 11.3. The Bertz CT molecular complexity index is 405. The van der Waals surface area contributed by atoms with Crippen LogP contribution in [-0.2, 0) is 11.3 Å². The summed E-state index contributed by atoms with van der Waals surface area (Å²) in [4.78, 5) is 14.1. The second kappa shape index (κ2) is 5.16. The number of hydrogen-bond donors (Lipinski definition) is 1. The molecule has 1 aromatic carbocycles. The number of nitrogens with zero attached hydrogens (tertiary/aromatic N) is 1. The van der Waals surface area contributed by atoms with Crippen molar-refractivity contribution in [2.24, 2.45) is 0 Å². The van der Waals surface area contributed by atoms with E-state index in [1.807, 2.05) is 25.1 Å². The molecule has 0 heterocycles. The monoisotopic (exact) mass is 202 g/mol. The molecule has 0 aliphatic carbocycles. The zero-order valence-electron chi connectivity index (χ0n) is 9.00. The van der Waals surface area contributed by atoms with Crippen molar-refractivity contribution in [1.29, 1.82) is 0 Å². The molecule has 15 heavy (non-hydrogen) atoms. The highest BCUT2D eigenvalue weighted by Gasteiger charge is 2.03. The highest BCUT2D eigenvalue weighted by atomic mass is 16.1. The second-order valence-corrected chi connectivity index (χ2v) is 3.51. The molecule has 0 spiro atoms. The van der Waals surface area contributed by atoms with Crippen LogP contribution in [0.25, 0.3) is 4.85 Å². The van der Waals surface area contributed by atoms with Gasteiger partial charge in [0.1, 0.15) is 0 Å². The summed E-state index contributed by atoms with van der Waals surface area (Å²) < 4.78 is 0. The Morgan fingerprint density at radius 1 is 1.40 bits per heavy atom. The Morgan fingerprint density at radius 2 is 2.13 bits per heavy atom. The molecule has 3 heteroatoms. The number of amides is 1. The van der Waals surface area contributed by atoms with Crippen LogP contribution in [0.2, 0.25) is 0 Å². The lowest BCUT2D eigenvalue weighted by molar-refractivity contribution is -0.119. The van der Waals surface area contributed by atoms with Crippen molar-refractivity contribution in [1.82, 2.24) is 5.32 Å². The third-order valence-corrected chi connectivity index (χ3v) is 2.28. The molecule has 3 nitrogen and oxygen atoms in total. The van der Waals surface area contributed by atoms with Crippen LogP contribution in [-0.4, -0.2) is 12.5 Å². The van der Waals surface area contributed by atoms with Gasteiger partial charge in [0.15, 0.2) is 0 Å². The van der Waals surface area contributed by atoms with Gasteiger partial charge in [-0.2, -0.15) is 0 Å². The molecule has 0 saturated heterocycles. The smallest absolute Gasteiger partial charge is 0.300 e. The average molecular weight is 202 g/mol. The predicted molar refractivity (Wildman–Crippen MR) is 59.2 cm³/mol. The van der Waals surface area contributed by atoms with Crippen LogP contribution in [0.3, 0.4) is 0 Å². The summed E-state index contributed by atoms with van der Waals surface area (Å²) in [6.45, 7) is 11.0. The molecule has 0 bridgehead atoms. The van der Waals surface area contributed by atoms with Crippen LogP contribution in [0.1, 0.15) is 16.7 Å². The Kier molecular flexibility index (Phi) is 3.87. The zero-order valence-corrected chi connectivity index (χ0v) is 9.00. The van der Waals surface area contributed by atoms with E-state index in [2.05, 4.69) is 17.1 Å². The minimum Gasteiger partial charge on any atom is -0.346 e. The quantitative estimate of drug-likeness (QED) is 0.745. The standard InChI is InChI=1S/C12H14N2O/c1-9-4-5-11(6-10(9)2)7-14-12(15)8-13-3/h4-6H,7-8H2,1-2H3,(H,14,15). The van der Waals surface area contributed by atoms with E-state index >= 15 is 0 Å².